The van der Waals surface area contributed by atoms with Gasteiger partial charge in [0.05, 0.1) is 0 Å². The average molecular weight is 288 g/mol. The van der Waals surface area contributed by atoms with Crippen molar-refractivity contribution in [2.75, 3.05) is 19.0 Å². The lowest BCUT2D eigenvalue weighted by Gasteiger charge is -2.32. The Morgan fingerprint density at radius 3 is 2.63 bits per heavy atom. The smallest absolute Gasteiger partial charge is 0.254 e. The predicted octanol–water partition coefficient (Wildman–Crippen LogP) is 3.45. The molecule has 5 heteroatoms. The summed E-state index contributed by atoms with van der Waals surface area (Å²) in [6, 6.07) is 2.93. The Balaban J connectivity index is 2.10. The van der Waals surface area contributed by atoms with Crippen LogP contribution in [-0.2, 0) is 0 Å². The molecule has 0 spiro atoms. The van der Waals surface area contributed by atoms with Gasteiger partial charge in [0.2, 0.25) is 0 Å². The lowest BCUT2D eigenvalue weighted by Crippen LogP contribution is -2.40. The number of rotatable bonds is 3. The van der Waals surface area contributed by atoms with Gasteiger partial charge in [-0.25, -0.2) is 8.78 Å². The summed E-state index contributed by atoms with van der Waals surface area (Å²) in [5, 5.41) is 0. The van der Waals surface area contributed by atoms with E-state index in [1.807, 2.05) is 0 Å². The van der Waals surface area contributed by atoms with E-state index in [2.05, 4.69) is 0 Å². The lowest BCUT2D eigenvalue weighted by molar-refractivity contribution is 0.0670. The van der Waals surface area contributed by atoms with Gasteiger partial charge in [0, 0.05) is 30.6 Å². The van der Waals surface area contributed by atoms with Crippen molar-refractivity contribution in [1.29, 1.82) is 0 Å². The third-order valence-corrected chi connectivity index (χ3v) is 3.65. The summed E-state index contributed by atoms with van der Waals surface area (Å²) in [6.07, 6.45) is 2.82. The van der Waals surface area contributed by atoms with E-state index < -0.39 is 11.6 Å². The van der Waals surface area contributed by atoms with Crippen molar-refractivity contribution in [1.82, 2.24) is 4.90 Å². The summed E-state index contributed by atoms with van der Waals surface area (Å²) in [5.41, 5.74) is 0.0732. The van der Waals surface area contributed by atoms with Crippen LogP contribution in [0, 0.1) is 17.6 Å². The first kappa shape index (κ1) is 14.3. The van der Waals surface area contributed by atoms with Gasteiger partial charge in [0.15, 0.2) is 0 Å². The van der Waals surface area contributed by atoms with Gasteiger partial charge in [-0.15, -0.1) is 11.6 Å². The van der Waals surface area contributed by atoms with Crippen LogP contribution in [0.2, 0.25) is 0 Å². The van der Waals surface area contributed by atoms with Crippen molar-refractivity contribution in [2.45, 2.75) is 19.3 Å². The Morgan fingerprint density at radius 1 is 1.32 bits per heavy atom. The monoisotopic (exact) mass is 287 g/mol. The zero-order valence-corrected chi connectivity index (χ0v) is 11.3. The number of carbonyl (C=O) groups excluding carboxylic acids is 1. The number of piperidine rings is 1. The SMILES string of the molecule is O=C(c1cc(F)cc(F)c1)N1CCCC(CCCl)C1. The molecule has 1 heterocycles. The average Bonchev–Trinajstić information content (AvgIpc) is 2.37. The Morgan fingerprint density at radius 2 is 2.00 bits per heavy atom. The number of alkyl halides is 1. The summed E-state index contributed by atoms with van der Waals surface area (Å²) in [6.45, 7) is 1.25. The molecule has 19 heavy (non-hydrogen) atoms. The molecule has 1 fully saturated rings. The van der Waals surface area contributed by atoms with Crippen molar-refractivity contribution in [3.05, 3.63) is 35.4 Å². The molecule has 1 aromatic rings. The molecule has 0 radical (unpaired) electrons. The highest BCUT2D eigenvalue weighted by atomic mass is 35.5. The van der Waals surface area contributed by atoms with E-state index >= 15 is 0 Å². The van der Waals surface area contributed by atoms with Gasteiger partial charge < -0.3 is 4.90 Å². The molecule has 1 aliphatic rings. The van der Waals surface area contributed by atoms with Gasteiger partial charge >= 0.3 is 0 Å². The molecule has 1 aromatic carbocycles. The van der Waals surface area contributed by atoms with E-state index in [9.17, 15) is 13.6 Å². The first-order chi connectivity index (χ1) is 9.10. The van der Waals surface area contributed by atoms with Crippen LogP contribution in [0.4, 0.5) is 8.78 Å². The highest BCUT2D eigenvalue weighted by molar-refractivity contribution is 6.17. The van der Waals surface area contributed by atoms with E-state index in [-0.39, 0.29) is 11.5 Å². The van der Waals surface area contributed by atoms with Gasteiger partial charge in [0.1, 0.15) is 11.6 Å². The number of benzene rings is 1. The lowest BCUT2D eigenvalue weighted by atomic mass is 9.95. The number of carbonyl (C=O) groups is 1. The second-order valence-electron chi connectivity index (χ2n) is 4.90. The third-order valence-electron chi connectivity index (χ3n) is 3.43. The molecule has 0 bridgehead atoms. The number of hydrogen-bond donors (Lipinski definition) is 0. The third kappa shape index (κ3) is 3.66. The molecule has 1 aliphatic heterocycles. The molecule has 0 aliphatic carbocycles. The summed E-state index contributed by atoms with van der Waals surface area (Å²) in [7, 11) is 0. The van der Waals surface area contributed by atoms with Crippen LogP contribution in [-0.4, -0.2) is 29.8 Å². The first-order valence-corrected chi connectivity index (χ1v) is 6.95. The van der Waals surface area contributed by atoms with Gasteiger partial charge in [0.25, 0.3) is 5.91 Å². The molecule has 0 aromatic heterocycles. The topological polar surface area (TPSA) is 20.3 Å². The second-order valence-corrected chi connectivity index (χ2v) is 5.27. The van der Waals surface area contributed by atoms with Crippen molar-refractivity contribution >= 4 is 17.5 Å². The van der Waals surface area contributed by atoms with Crippen LogP contribution in [0.5, 0.6) is 0 Å². The molecular weight excluding hydrogens is 272 g/mol. The molecule has 1 amide bonds. The van der Waals surface area contributed by atoms with E-state index in [4.69, 9.17) is 11.6 Å². The Labute approximate surface area is 116 Å². The zero-order valence-electron chi connectivity index (χ0n) is 10.5. The largest absolute Gasteiger partial charge is 0.338 e. The van der Waals surface area contributed by atoms with Crippen molar-refractivity contribution in [2.24, 2.45) is 5.92 Å². The Bertz CT molecular complexity index is 445. The fraction of sp³-hybridized carbons (Fsp3) is 0.500. The fourth-order valence-electron chi connectivity index (χ4n) is 2.50. The zero-order chi connectivity index (χ0) is 13.8. The van der Waals surface area contributed by atoms with Crippen molar-refractivity contribution < 1.29 is 13.6 Å². The second kappa shape index (κ2) is 6.33. The molecule has 2 rings (SSSR count). The normalized spacial score (nSPS) is 19.5. The molecule has 1 atom stereocenters. The van der Waals surface area contributed by atoms with Crippen LogP contribution in [0.3, 0.4) is 0 Å². The molecular formula is C14H16ClF2NO. The Hall–Kier alpha value is -1.16. The minimum Gasteiger partial charge on any atom is -0.338 e. The van der Waals surface area contributed by atoms with Crippen LogP contribution >= 0.6 is 11.6 Å². The highest BCUT2D eigenvalue weighted by Gasteiger charge is 2.24. The van der Waals surface area contributed by atoms with Crippen molar-refractivity contribution in [3.8, 4) is 0 Å². The number of amides is 1. The number of halogens is 3. The molecule has 2 nitrogen and oxygen atoms in total. The molecule has 0 saturated carbocycles. The quantitative estimate of drug-likeness (QED) is 0.780. The first-order valence-electron chi connectivity index (χ1n) is 6.41. The van der Waals surface area contributed by atoms with E-state index in [1.54, 1.807) is 4.90 Å². The van der Waals surface area contributed by atoms with Crippen LogP contribution in [0.1, 0.15) is 29.6 Å². The molecule has 104 valence electrons. The van der Waals surface area contributed by atoms with Gasteiger partial charge in [-0.05, 0) is 37.3 Å². The van der Waals surface area contributed by atoms with Gasteiger partial charge in [-0.3, -0.25) is 4.79 Å². The van der Waals surface area contributed by atoms with Gasteiger partial charge in [-0.2, -0.15) is 0 Å². The molecule has 1 saturated heterocycles. The summed E-state index contributed by atoms with van der Waals surface area (Å²) in [5.74, 6) is -0.803. The van der Waals surface area contributed by atoms with E-state index in [1.165, 1.54) is 0 Å². The predicted molar refractivity (Wildman–Crippen MR) is 70.3 cm³/mol. The van der Waals surface area contributed by atoms with Crippen LogP contribution < -0.4 is 0 Å². The standard InChI is InChI=1S/C14H16ClF2NO/c15-4-3-10-2-1-5-18(9-10)14(19)11-6-12(16)8-13(17)7-11/h6-8,10H,1-5,9H2. The Kier molecular flexibility index (Phi) is 4.75. The minimum atomic E-state index is -0.724. The molecule has 1 unspecified atom stereocenters. The maximum Gasteiger partial charge on any atom is 0.254 e. The number of likely N-dealkylation sites (tertiary alicyclic amines) is 1. The summed E-state index contributed by atoms with van der Waals surface area (Å²) < 4.78 is 26.2. The fourth-order valence-corrected chi connectivity index (χ4v) is 2.81. The van der Waals surface area contributed by atoms with Crippen molar-refractivity contribution in [3.63, 3.8) is 0 Å². The van der Waals surface area contributed by atoms with E-state index in [0.29, 0.717) is 24.9 Å². The minimum absolute atomic E-state index is 0.0732. The van der Waals surface area contributed by atoms with Crippen LogP contribution in [0.15, 0.2) is 18.2 Å². The highest BCUT2D eigenvalue weighted by Crippen LogP contribution is 2.22. The summed E-state index contributed by atoms with van der Waals surface area (Å²) >= 11 is 5.72. The number of nitrogens with zero attached hydrogens (tertiary/aromatic N) is 1. The van der Waals surface area contributed by atoms with E-state index in [0.717, 1.165) is 37.5 Å². The summed E-state index contributed by atoms with van der Waals surface area (Å²) in [4.78, 5) is 13.9. The number of hydrogen-bond acceptors (Lipinski definition) is 1. The van der Waals surface area contributed by atoms with Gasteiger partial charge in [-0.1, -0.05) is 0 Å². The molecule has 0 N–H and O–H groups in total. The maximum atomic E-state index is 13.1. The van der Waals surface area contributed by atoms with Crippen LogP contribution in [0.25, 0.3) is 0 Å². The maximum absolute atomic E-state index is 13.1.